The van der Waals surface area contributed by atoms with Crippen LogP contribution in [0.5, 0.6) is 0 Å². The smallest absolute Gasteiger partial charge is 0.192 e. The molecule has 7 heteroatoms. The highest BCUT2D eigenvalue weighted by atomic mass is 32.2. The highest BCUT2D eigenvalue weighted by Crippen LogP contribution is 2.43. The number of furan rings is 1. The topological polar surface area (TPSA) is 76.7 Å². The van der Waals surface area contributed by atoms with Crippen LogP contribution in [0.3, 0.4) is 0 Å². The van der Waals surface area contributed by atoms with Gasteiger partial charge in [0.2, 0.25) is 0 Å². The molecule has 0 saturated heterocycles. The molecule has 1 aliphatic rings. The molecule has 1 aliphatic carbocycles. The molecular weight excluding hydrogens is 432 g/mol. The average molecular weight is 455 g/mol. The van der Waals surface area contributed by atoms with Crippen molar-refractivity contribution in [2.75, 3.05) is 0 Å². The van der Waals surface area contributed by atoms with Gasteiger partial charge in [0.15, 0.2) is 10.9 Å². The van der Waals surface area contributed by atoms with E-state index < -0.39 is 5.25 Å². The van der Waals surface area contributed by atoms with E-state index in [1.165, 1.54) is 11.8 Å². The molecule has 6 rings (SSSR count). The van der Waals surface area contributed by atoms with Crippen LogP contribution < -0.4 is 0 Å². The lowest BCUT2D eigenvalue weighted by molar-refractivity contribution is 0.0991. The molecule has 33 heavy (non-hydrogen) atoms. The van der Waals surface area contributed by atoms with Crippen LogP contribution in [0.2, 0.25) is 0 Å². The molecule has 6 nitrogen and oxygen atoms in total. The van der Waals surface area contributed by atoms with Crippen molar-refractivity contribution >= 4 is 28.4 Å². The minimum Gasteiger partial charge on any atom is -0.467 e. The fourth-order valence-corrected chi connectivity index (χ4v) is 5.27. The van der Waals surface area contributed by atoms with Gasteiger partial charge in [0.1, 0.15) is 16.8 Å². The lowest BCUT2D eigenvalue weighted by Crippen LogP contribution is -2.12. The Balaban J connectivity index is 1.40. The van der Waals surface area contributed by atoms with Crippen LogP contribution in [0.1, 0.15) is 51.5 Å². The fraction of sp³-hybridized carbons (Fsp3) is 0.192. The van der Waals surface area contributed by atoms with E-state index in [2.05, 4.69) is 19.7 Å². The van der Waals surface area contributed by atoms with Gasteiger partial charge in [0, 0.05) is 28.6 Å². The van der Waals surface area contributed by atoms with Crippen molar-refractivity contribution in [3.05, 3.63) is 102 Å². The van der Waals surface area contributed by atoms with Crippen LogP contribution in [-0.2, 0) is 6.54 Å². The van der Waals surface area contributed by atoms with Gasteiger partial charge < -0.3 is 9.40 Å². The van der Waals surface area contributed by atoms with Crippen molar-refractivity contribution in [3.8, 4) is 0 Å². The van der Waals surface area contributed by atoms with Crippen LogP contribution in [-0.4, -0.2) is 25.5 Å². The number of aromatic amines is 1. The predicted molar refractivity (Wildman–Crippen MR) is 127 cm³/mol. The SMILES string of the molecule is O=C(c1c[nH]c2ccccc12)C(Sc1nnc(C2CC2)n1Cc1ccco1)c1ccccc1. The summed E-state index contributed by atoms with van der Waals surface area (Å²) in [7, 11) is 0. The summed E-state index contributed by atoms with van der Waals surface area (Å²) in [5, 5.41) is 10.2. The molecule has 0 radical (unpaired) electrons. The number of Topliss-reactive ketones (excluding diaryl/α,β-unsaturated/α-hetero) is 1. The summed E-state index contributed by atoms with van der Waals surface area (Å²) < 4.78 is 7.72. The Hall–Kier alpha value is -3.58. The molecule has 0 amide bonds. The standard InChI is InChI=1S/C26H22N4O2S/c31-23(21-15-27-22-11-5-4-10-20(21)22)24(17-7-2-1-3-8-17)33-26-29-28-25(18-12-13-18)30(26)16-19-9-6-14-32-19/h1-11,14-15,18,24,27H,12-13,16H2. The van der Waals surface area contributed by atoms with Gasteiger partial charge in [-0.2, -0.15) is 0 Å². The van der Waals surface area contributed by atoms with E-state index in [0.29, 0.717) is 18.0 Å². The Kier molecular flexibility index (Phi) is 5.11. The van der Waals surface area contributed by atoms with E-state index in [0.717, 1.165) is 46.0 Å². The van der Waals surface area contributed by atoms with E-state index in [4.69, 9.17) is 4.42 Å². The Morgan fingerprint density at radius 3 is 2.67 bits per heavy atom. The van der Waals surface area contributed by atoms with E-state index in [-0.39, 0.29) is 5.78 Å². The number of rotatable bonds is 8. The van der Waals surface area contributed by atoms with Gasteiger partial charge in [-0.1, -0.05) is 60.3 Å². The number of nitrogens with zero attached hydrogens (tertiary/aromatic N) is 3. The van der Waals surface area contributed by atoms with Crippen molar-refractivity contribution in [3.63, 3.8) is 0 Å². The number of carbonyl (C=O) groups excluding carboxylic acids is 1. The molecule has 2 aromatic carbocycles. The number of fused-ring (bicyclic) bond motifs is 1. The number of hydrogen-bond acceptors (Lipinski definition) is 5. The van der Waals surface area contributed by atoms with Gasteiger partial charge in [-0.25, -0.2) is 0 Å². The molecule has 1 N–H and O–H groups in total. The zero-order valence-electron chi connectivity index (χ0n) is 17.8. The lowest BCUT2D eigenvalue weighted by Gasteiger charge is -2.16. The summed E-state index contributed by atoms with van der Waals surface area (Å²) in [6, 6.07) is 21.6. The molecule has 0 aliphatic heterocycles. The molecule has 1 saturated carbocycles. The average Bonchev–Trinajstić information content (AvgIpc) is 3.23. The van der Waals surface area contributed by atoms with Crippen molar-refractivity contribution in [2.24, 2.45) is 0 Å². The second-order valence-corrected chi connectivity index (χ2v) is 9.37. The van der Waals surface area contributed by atoms with Crippen molar-refractivity contribution < 1.29 is 9.21 Å². The number of hydrogen-bond donors (Lipinski definition) is 1. The molecular formula is C26H22N4O2S. The summed E-state index contributed by atoms with van der Waals surface area (Å²) >= 11 is 1.46. The predicted octanol–water partition coefficient (Wildman–Crippen LogP) is 5.99. The zero-order valence-corrected chi connectivity index (χ0v) is 18.7. The number of ketones is 1. The monoisotopic (exact) mass is 454 g/mol. The number of para-hydroxylation sites is 1. The maximum absolute atomic E-state index is 13.9. The first-order valence-electron chi connectivity index (χ1n) is 11.1. The maximum Gasteiger partial charge on any atom is 0.192 e. The third-order valence-corrected chi connectivity index (χ3v) is 7.24. The number of carbonyl (C=O) groups is 1. The Labute approximate surface area is 195 Å². The van der Waals surface area contributed by atoms with Crippen LogP contribution in [0.25, 0.3) is 10.9 Å². The minimum absolute atomic E-state index is 0.0455. The molecule has 1 fully saturated rings. The van der Waals surface area contributed by atoms with Crippen LogP contribution >= 0.6 is 11.8 Å². The van der Waals surface area contributed by atoms with E-state index in [1.54, 1.807) is 6.26 Å². The van der Waals surface area contributed by atoms with Gasteiger partial charge in [-0.3, -0.25) is 9.36 Å². The first-order valence-corrected chi connectivity index (χ1v) is 11.9. The highest BCUT2D eigenvalue weighted by Gasteiger charge is 2.33. The molecule has 1 unspecified atom stereocenters. The van der Waals surface area contributed by atoms with Gasteiger partial charge in [0.25, 0.3) is 0 Å². The number of thioether (sulfide) groups is 1. The first kappa shape index (κ1) is 20.1. The first-order chi connectivity index (χ1) is 16.3. The number of nitrogens with one attached hydrogen (secondary N) is 1. The highest BCUT2D eigenvalue weighted by molar-refractivity contribution is 8.00. The van der Waals surface area contributed by atoms with Crippen LogP contribution in [0.4, 0.5) is 0 Å². The van der Waals surface area contributed by atoms with Gasteiger partial charge in [-0.15, -0.1) is 10.2 Å². The molecule has 5 aromatic rings. The Morgan fingerprint density at radius 2 is 1.88 bits per heavy atom. The van der Waals surface area contributed by atoms with Crippen LogP contribution in [0.15, 0.2) is 88.8 Å². The third-order valence-electron chi connectivity index (χ3n) is 6.00. The lowest BCUT2D eigenvalue weighted by atomic mass is 10.0. The van der Waals surface area contributed by atoms with Crippen molar-refractivity contribution in [1.29, 1.82) is 0 Å². The maximum atomic E-state index is 13.9. The summed E-state index contributed by atoms with van der Waals surface area (Å²) in [5.74, 6) is 2.29. The Morgan fingerprint density at radius 1 is 1.06 bits per heavy atom. The Bertz CT molecular complexity index is 1400. The summed E-state index contributed by atoms with van der Waals surface area (Å²) in [6.45, 7) is 0.553. The number of aromatic nitrogens is 4. The summed E-state index contributed by atoms with van der Waals surface area (Å²) in [6.07, 6.45) is 5.73. The van der Waals surface area contributed by atoms with Gasteiger partial charge in [0.05, 0.1) is 12.8 Å². The molecule has 3 heterocycles. The van der Waals surface area contributed by atoms with E-state index in [1.807, 2.05) is 72.9 Å². The van der Waals surface area contributed by atoms with Crippen LogP contribution in [0, 0.1) is 0 Å². The molecule has 3 aromatic heterocycles. The van der Waals surface area contributed by atoms with Crippen molar-refractivity contribution in [1.82, 2.24) is 19.7 Å². The normalized spacial score (nSPS) is 14.5. The van der Waals surface area contributed by atoms with Crippen molar-refractivity contribution in [2.45, 2.75) is 35.7 Å². The quantitative estimate of drug-likeness (QED) is 0.230. The molecule has 164 valence electrons. The summed E-state index contributed by atoms with van der Waals surface area (Å²) in [4.78, 5) is 17.1. The second kappa shape index (κ2) is 8.41. The van der Waals surface area contributed by atoms with E-state index >= 15 is 0 Å². The zero-order chi connectivity index (χ0) is 22.2. The largest absolute Gasteiger partial charge is 0.467 e. The molecule has 0 spiro atoms. The summed E-state index contributed by atoms with van der Waals surface area (Å²) in [5.41, 5.74) is 2.58. The number of H-pyrrole nitrogens is 1. The van der Waals surface area contributed by atoms with E-state index in [9.17, 15) is 4.79 Å². The van der Waals surface area contributed by atoms with Gasteiger partial charge in [-0.05, 0) is 36.6 Å². The second-order valence-electron chi connectivity index (χ2n) is 8.30. The third kappa shape index (κ3) is 3.89. The molecule has 0 bridgehead atoms. The fourth-order valence-electron chi connectivity index (χ4n) is 4.16. The molecule has 1 atom stereocenters. The number of benzene rings is 2. The van der Waals surface area contributed by atoms with Gasteiger partial charge >= 0.3 is 0 Å². The minimum atomic E-state index is -0.447.